The van der Waals surface area contributed by atoms with Gasteiger partial charge >= 0.3 is 5.97 Å². The molecule has 3 heterocycles. The summed E-state index contributed by atoms with van der Waals surface area (Å²) in [6.07, 6.45) is 5.38. The molecule has 1 N–H and O–H groups in total. The van der Waals surface area contributed by atoms with Crippen LogP contribution in [0.2, 0.25) is 5.02 Å². The third-order valence-corrected chi connectivity index (χ3v) is 6.10. The molecule has 0 bridgehead atoms. The highest BCUT2D eigenvalue weighted by Crippen LogP contribution is 2.40. The monoisotopic (exact) mass is 426 g/mol. The van der Waals surface area contributed by atoms with Crippen LogP contribution >= 0.6 is 23.4 Å². The lowest BCUT2D eigenvalue weighted by Crippen LogP contribution is -2.00. The van der Waals surface area contributed by atoms with Crippen molar-refractivity contribution in [2.75, 3.05) is 0 Å². The maximum absolute atomic E-state index is 11.3. The fourth-order valence-corrected chi connectivity index (χ4v) is 4.48. The van der Waals surface area contributed by atoms with E-state index in [0.29, 0.717) is 5.02 Å². The standard InChI is InChI=1S/C21H19ClN4O2S/c1-12(2)25-11-15(10-24-25)26-13(3)20(17-5-4-14(22)8-19(17)26)29-16-6-7-23-18(9-16)21(27)28/h4-12H,1-3H3,(H,27,28). The van der Waals surface area contributed by atoms with Gasteiger partial charge in [-0.3, -0.25) is 4.68 Å². The molecule has 1 aromatic carbocycles. The molecule has 8 heteroatoms. The lowest BCUT2D eigenvalue weighted by atomic mass is 10.2. The maximum Gasteiger partial charge on any atom is 0.354 e. The van der Waals surface area contributed by atoms with Crippen LogP contribution in [-0.2, 0) is 0 Å². The van der Waals surface area contributed by atoms with Gasteiger partial charge in [0.25, 0.3) is 0 Å². The van der Waals surface area contributed by atoms with Crippen molar-refractivity contribution in [1.82, 2.24) is 19.3 Å². The van der Waals surface area contributed by atoms with E-state index in [1.54, 1.807) is 6.07 Å². The molecule has 0 amide bonds. The summed E-state index contributed by atoms with van der Waals surface area (Å²) in [4.78, 5) is 17.0. The summed E-state index contributed by atoms with van der Waals surface area (Å²) >= 11 is 7.81. The van der Waals surface area contributed by atoms with Gasteiger partial charge < -0.3 is 9.67 Å². The van der Waals surface area contributed by atoms with Gasteiger partial charge in [-0.2, -0.15) is 5.10 Å². The molecule has 29 heavy (non-hydrogen) atoms. The number of halogens is 1. The Balaban J connectivity index is 1.88. The number of carboxylic acid groups (broad SMARTS) is 1. The second-order valence-electron chi connectivity index (χ2n) is 6.97. The van der Waals surface area contributed by atoms with Gasteiger partial charge in [-0.15, -0.1) is 0 Å². The second kappa shape index (κ2) is 7.57. The predicted octanol–water partition coefficient (Wildman–Crippen LogP) is 5.61. The van der Waals surface area contributed by atoms with Crippen molar-refractivity contribution >= 4 is 40.2 Å². The molecule has 0 aliphatic carbocycles. The molecule has 6 nitrogen and oxygen atoms in total. The van der Waals surface area contributed by atoms with E-state index in [2.05, 4.69) is 28.5 Å². The zero-order valence-corrected chi connectivity index (χ0v) is 17.7. The normalized spacial score (nSPS) is 11.5. The number of hydrogen-bond donors (Lipinski definition) is 1. The summed E-state index contributed by atoms with van der Waals surface area (Å²) in [7, 11) is 0. The van der Waals surface area contributed by atoms with E-state index in [-0.39, 0.29) is 11.7 Å². The molecule has 0 saturated heterocycles. The van der Waals surface area contributed by atoms with Crippen LogP contribution in [0.1, 0.15) is 36.1 Å². The van der Waals surface area contributed by atoms with E-state index >= 15 is 0 Å². The fourth-order valence-electron chi connectivity index (χ4n) is 3.26. The van der Waals surface area contributed by atoms with E-state index in [9.17, 15) is 9.90 Å². The summed E-state index contributed by atoms with van der Waals surface area (Å²) in [5, 5.41) is 15.4. The Morgan fingerprint density at radius 1 is 1.24 bits per heavy atom. The minimum Gasteiger partial charge on any atom is -0.477 e. The van der Waals surface area contributed by atoms with Crippen molar-refractivity contribution in [1.29, 1.82) is 0 Å². The first-order valence-electron chi connectivity index (χ1n) is 9.07. The molecule has 0 radical (unpaired) electrons. The molecule has 0 aliphatic rings. The van der Waals surface area contributed by atoms with Crippen LogP contribution in [0.25, 0.3) is 16.6 Å². The zero-order chi connectivity index (χ0) is 20.7. The molecule has 0 unspecified atom stereocenters. The van der Waals surface area contributed by atoms with Crippen LogP contribution in [0.15, 0.2) is 58.7 Å². The van der Waals surface area contributed by atoms with Crippen LogP contribution in [0.3, 0.4) is 0 Å². The molecule has 0 atom stereocenters. The first kappa shape index (κ1) is 19.5. The summed E-state index contributed by atoms with van der Waals surface area (Å²) in [6.45, 7) is 6.21. The van der Waals surface area contributed by atoms with Crippen molar-refractivity contribution in [3.05, 3.63) is 65.3 Å². The minimum atomic E-state index is -1.04. The Kier molecular flexibility index (Phi) is 5.10. The van der Waals surface area contributed by atoms with Gasteiger partial charge in [0.15, 0.2) is 0 Å². The van der Waals surface area contributed by atoms with Crippen LogP contribution in [0.4, 0.5) is 0 Å². The van der Waals surface area contributed by atoms with Crippen LogP contribution in [0.5, 0.6) is 0 Å². The van der Waals surface area contributed by atoms with Crippen molar-refractivity contribution in [2.45, 2.75) is 36.6 Å². The van der Waals surface area contributed by atoms with Crippen LogP contribution < -0.4 is 0 Å². The molecular weight excluding hydrogens is 408 g/mol. The highest BCUT2D eigenvalue weighted by atomic mass is 35.5. The Morgan fingerprint density at radius 2 is 2.03 bits per heavy atom. The maximum atomic E-state index is 11.3. The van der Waals surface area contributed by atoms with Crippen molar-refractivity contribution in [2.24, 2.45) is 0 Å². The average molecular weight is 427 g/mol. The number of carboxylic acids is 1. The minimum absolute atomic E-state index is 0.0256. The van der Waals surface area contributed by atoms with E-state index in [1.165, 1.54) is 18.0 Å². The molecule has 0 fully saturated rings. The molecular formula is C21H19ClN4O2S. The number of aromatic carboxylic acids is 1. The van der Waals surface area contributed by atoms with Crippen molar-refractivity contribution in [3.63, 3.8) is 0 Å². The van der Waals surface area contributed by atoms with Gasteiger partial charge in [-0.25, -0.2) is 9.78 Å². The van der Waals surface area contributed by atoms with E-state index in [1.807, 2.05) is 48.3 Å². The summed E-state index contributed by atoms with van der Waals surface area (Å²) in [5.74, 6) is -1.04. The smallest absolute Gasteiger partial charge is 0.354 e. The zero-order valence-electron chi connectivity index (χ0n) is 16.1. The first-order chi connectivity index (χ1) is 13.8. The number of fused-ring (bicyclic) bond motifs is 1. The van der Waals surface area contributed by atoms with Crippen LogP contribution in [0, 0.1) is 6.92 Å². The number of aromatic nitrogens is 4. The van der Waals surface area contributed by atoms with Crippen molar-refractivity contribution in [3.8, 4) is 5.69 Å². The quantitative estimate of drug-likeness (QED) is 0.448. The number of nitrogens with zero attached hydrogens (tertiary/aromatic N) is 4. The fraction of sp³-hybridized carbons (Fsp3) is 0.190. The van der Waals surface area contributed by atoms with Crippen molar-refractivity contribution < 1.29 is 9.90 Å². The largest absolute Gasteiger partial charge is 0.477 e. The molecule has 0 spiro atoms. The SMILES string of the molecule is Cc1c(Sc2ccnc(C(=O)O)c2)c2ccc(Cl)cc2n1-c1cnn(C(C)C)c1. The topological polar surface area (TPSA) is 72.9 Å². The van der Waals surface area contributed by atoms with E-state index < -0.39 is 5.97 Å². The first-order valence-corrected chi connectivity index (χ1v) is 10.3. The number of pyridine rings is 1. The summed E-state index contributed by atoms with van der Waals surface area (Å²) in [6, 6.07) is 9.46. The van der Waals surface area contributed by atoms with Gasteiger partial charge in [0.1, 0.15) is 5.69 Å². The average Bonchev–Trinajstić information content (AvgIpc) is 3.25. The lowest BCUT2D eigenvalue weighted by molar-refractivity contribution is 0.0690. The van der Waals surface area contributed by atoms with Gasteiger partial charge in [0.2, 0.25) is 0 Å². The molecule has 148 valence electrons. The Morgan fingerprint density at radius 3 is 2.72 bits per heavy atom. The molecule has 0 saturated carbocycles. The second-order valence-corrected chi connectivity index (χ2v) is 8.49. The van der Waals surface area contributed by atoms with E-state index in [0.717, 1.165) is 32.1 Å². The third kappa shape index (κ3) is 3.63. The molecule has 3 aromatic heterocycles. The lowest BCUT2D eigenvalue weighted by Gasteiger charge is -2.07. The Hall–Kier alpha value is -2.77. The molecule has 0 aliphatic heterocycles. The summed E-state index contributed by atoms with van der Waals surface area (Å²) < 4.78 is 4.05. The van der Waals surface area contributed by atoms with Crippen LogP contribution in [-0.4, -0.2) is 30.4 Å². The molecule has 4 aromatic rings. The number of benzene rings is 1. The van der Waals surface area contributed by atoms with Gasteiger partial charge in [0.05, 0.1) is 17.4 Å². The third-order valence-electron chi connectivity index (χ3n) is 4.65. The number of rotatable bonds is 5. The number of hydrogen-bond acceptors (Lipinski definition) is 4. The predicted molar refractivity (Wildman–Crippen MR) is 115 cm³/mol. The number of carbonyl (C=O) groups is 1. The molecule has 4 rings (SSSR count). The highest BCUT2D eigenvalue weighted by Gasteiger charge is 2.19. The van der Waals surface area contributed by atoms with Gasteiger partial charge in [0, 0.05) is 44.3 Å². The van der Waals surface area contributed by atoms with Gasteiger partial charge in [-0.05, 0) is 45.0 Å². The Bertz CT molecular complexity index is 1230. The van der Waals surface area contributed by atoms with E-state index in [4.69, 9.17) is 11.6 Å². The summed E-state index contributed by atoms with van der Waals surface area (Å²) in [5.41, 5.74) is 2.99. The highest BCUT2D eigenvalue weighted by molar-refractivity contribution is 7.99. The Labute approximate surface area is 177 Å². The van der Waals surface area contributed by atoms with Gasteiger partial charge in [-0.1, -0.05) is 29.4 Å².